The fourth-order valence-corrected chi connectivity index (χ4v) is 3.50. The van der Waals surface area contributed by atoms with Gasteiger partial charge in [-0.25, -0.2) is 4.79 Å². The van der Waals surface area contributed by atoms with Gasteiger partial charge in [0.05, 0.1) is 6.54 Å². The molecule has 1 N–H and O–H groups in total. The van der Waals surface area contributed by atoms with Crippen molar-refractivity contribution >= 4 is 17.7 Å². The number of ketones is 1. The Morgan fingerprint density at radius 1 is 1.27 bits per heavy atom. The molecule has 116 valence electrons. The standard InChI is InChI=1S/C17H20N2O3/c1-12-7-5-6-10-17(12)15(21)19(16(22)18-17)11-14(20)13-8-3-2-4-9-13/h2-4,8-9,12H,5-7,10-11H2,1H3,(H,18,22)/t12-,17+/m1/s1. The van der Waals surface area contributed by atoms with E-state index < -0.39 is 11.6 Å². The monoisotopic (exact) mass is 300 g/mol. The number of Topliss-reactive ketones (excluding diaryl/α,β-unsaturated/α-hetero) is 1. The van der Waals surface area contributed by atoms with Gasteiger partial charge in [0.15, 0.2) is 5.78 Å². The number of carbonyl (C=O) groups is 3. The molecule has 22 heavy (non-hydrogen) atoms. The van der Waals surface area contributed by atoms with Gasteiger partial charge in [-0.3, -0.25) is 14.5 Å². The van der Waals surface area contributed by atoms with Gasteiger partial charge in [0.2, 0.25) is 0 Å². The predicted octanol–water partition coefficient (Wildman–Crippen LogP) is 2.37. The molecule has 2 fully saturated rings. The zero-order valence-electron chi connectivity index (χ0n) is 12.7. The van der Waals surface area contributed by atoms with Gasteiger partial charge in [-0.1, -0.05) is 50.1 Å². The molecule has 1 saturated heterocycles. The summed E-state index contributed by atoms with van der Waals surface area (Å²) in [6.45, 7) is 1.81. The Morgan fingerprint density at radius 2 is 2.00 bits per heavy atom. The number of nitrogens with zero attached hydrogens (tertiary/aromatic N) is 1. The van der Waals surface area contributed by atoms with Gasteiger partial charge in [-0.15, -0.1) is 0 Å². The van der Waals surface area contributed by atoms with Crippen LogP contribution >= 0.6 is 0 Å². The molecule has 3 amide bonds. The molecule has 3 rings (SSSR count). The zero-order valence-corrected chi connectivity index (χ0v) is 12.7. The summed E-state index contributed by atoms with van der Waals surface area (Å²) >= 11 is 0. The van der Waals surface area contributed by atoms with Crippen LogP contribution < -0.4 is 5.32 Å². The highest BCUT2D eigenvalue weighted by atomic mass is 16.2. The van der Waals surface area contributed by atoms with E-state index in [-0.39, 0.29) is 24.2 Å². The van der Waals surface area contributed by atoms with E-state index in [1.807, 2.05) is 13.0 Å². The second kappa shape index (κ2) is 5.55. The molecular formula is C17H20N2O3. The summed E-state index contributed by atoms with van der Waals surface area (Å²) < 4.78 is 0. The van der Waals surface area contributed by atoms with Crippen LogP contribution in [0.3, 0.4) is 0 Å². The van der Waals surface area contributed by atoms with Gasteiger partial charge in [0.1, 0.15) is 5.54 Å². The Labute approximate surface area is 129 Å². The normalized spacial score (nSPS) is 28.0. The highest BCUT2D eigenvalue weighted by Gasteiger charge is 2.55. The molecule has 5 nitrogen and oxygen atoms in total. The summed E-state index contributed by atoms with van der Waals surface area (Å²) in [7, 11) is 0. The smallest absolute Gasteiger partial charge is 0.323 e. The number of hydrogen-bond donors (Lipinski definition) is 1. The minimum absolute atomic E-state index is 0.106. The summed E-state index contributed by atoms with van der Waals surface area (Å²) in [4.78, 5) is 38.3. The third-order valence-electron chi connectivity index (χ3n) is 4.90. The van der Waals surface area contributed by atoms with Gasteiger partial charge in [0.25, 0.3) is 5.91 Å². The molecule has 5 heteroatoms. The molecule has 0 bridgehead atoms. The van der Waals surface area contributed by atoms with Crippen molar-refractivity contribution in [3.8, 4) is 0 Å². The van der Waals surface area contributed by atoms with E-state index in [9.17, 15) is 14.4 Å². The second-order valence-corrected chi connectivity index (χ2v) is 6.23. The maximum atomic E-state index is 12.8. The van der Waals surface area contributed by atoms with E-state index in [2.05, 4.69) is 5.32 Å². The Kier molecular flexibility index (Phi) is 3.72. The average Bonchev–Trinajstić information content (AvgIpc) is 2.76. The predicted molar refractivity (Wildman–Crippen MR) is 81.4 cm³/mol. The number of imide groups is 1. The molecule has 0 unspecified atom stereocenters. The third kappa shape index (κ3) is 2.30. The molecule has 1 aliphatic carbocycles. The highest BCUT2D eigenvalue weighted by molar-refractivity contribution is 6.11. The van der Waals surface area contributed by atoms with Crippen LogP contribution in [0.25, 0.3) is 0 Å². The minimum atomic E-state index is -0.799. The van der Waals surface area contributed by atoms with Crippen LogP contribution in [0.2, 0.25) is 0 Å². The number of hydrogen-bond acceptors (Lipinski definition) is 3. The van der Waals surface area contributed by atoms with Gasteiger partial charge < -0.3 is 5.32 Å². The van der Waals surface area contributed by atoms with E-state index >= 15 is 0 Å². The number of benzene rings is 1. The molecule has 0 radical (unpaired) electrons. The van der Waals surface area contributed by atoms with Crippen LogP contribution in [0.1, 0.15) is 43.0 Å². The first-order valence-electron chi connectivity index (χ1n) is 7.77. The van der Waals surface area contributed by atoms with Crippen LogP contribution in [0.4, 0.5) is 4.79 Å². The van der Waals surface area contributed by atoms with E-state index in [1.54, 1.807) is 24.3 Å². The summed E-state index contributed by atoms with van der Waals surface area (Å²) in [5.41, 5.74) is -0.285. The van der Waals surface area contributed by atoms with Crippen molar-refractivity contribution in [2.45, 2.75) is 38.1 Å². The molecule has 1 aliphatic heterocycles. The van der Waals surface area contributed by atoms with Crippen LogP contribution in [0, 0.1) is 5.92 Å². The van der Waals surface area contributed by atoms with Crippen molar-refractivity contribution in [3.05, 3.63) is 35.9 Å². The fraction of sp³-hybridized carbons (Fsp3) is 0.471. The van der Waals surface area contributed by atoms with Crippen molar-refractivity contribution < 1.29 is 14.4 Å². The van der Waals surface area contributed by atoms with Crippen molar-refractivity contribution in [2.24, 2.45) is 5.92 Å². The number of urea groups is 1. The van der Waals surface area contributed by atoms with Crippen molar-refractivity contribution in [1.82, 2.24) is 10.2 Å². The molecule has 2 atom stereocenters. The van der Waals surface area contributed by atoms with Crippen LogP contribution in [0.15, 0.2) is 30.3 Å². The van der Waals surface area contributed by atoms with Gasteiger partial charge in [0, 0.05) is 5.56 Å². The maximum Gasteiger partial charge on any atom is 0.325 e. The van der Waals surface area contributed by atoms with Crippen molar-refractivity contribution in [3.63, 3.8) is 0 Å². The summed E-state index contributed by atoms with van der Waals surface area (Å²) in [5.74, 6) is -0.354. The van der Waals surface area contributed by atoms with E-state index in [4.69, 9.17) is 0 Å². The fourth-order valence-electron chi connectivity index (χ4n) is 3.50. The molecule has 1 aromatic rings. The molecule has 0 aromatic heterocycles. The van der Waals surface area contributed by atoms with Crippen LogP contribution in [-0.2, 0) is 4.79 Å². The zero-order chi connectivity index (χ0) is 15.7. The Balaban J connectivity index is 1.79. The minimum Gasteiger partial charge on any atom is -0.323 e. The maximum absolute atomic E-state index is 12.8. The molecule has 1 aromatic carbocycles. The number of rotatable bonds is 3. The SMILES string of the molecule is C[C@@H]1CCCC[C@]12NC(=O)N(CC(=O)c1ccccc1)C2=O. The van der Waals surface area contributed by atoms with E-state index in [0.717, 1.165) is 24.2 Å². The van der Waals surface area contributed by atoms with Gasteiger partial charge >= 0.3 is 6.03 Å². The summed E-state index contributed by atoms with van der Waals surface area (Å²) in [6, 6.07) is 8.30. The average molecular weight is 300 g/mol. The molecule has 1 heterocycles. The van der Waals surface area contributed by atoms with E-state index in [1.165, 1.54) is 0 Å². The largest absolute Gasteiger partial charge is 0.325 e. The summed E-state index contributed by atoms with van der Waals surface area (Å²) in [6.07, 6.45) is 3.59. The van der Waals surface area contributed by atoms with Crippen LogP contribution in [-0.4, -0.2) is 34.7 Å². The lowest BCUT2D eigenvalue weighted by atomic mass is 9.73. The highest BCUT2D eigenvalue weighted by Crippen LogP contribution is 2.38. The topological polar surface area (TPSA) is 66.5 Å². The number of amides is 3. The quantitative estimate of drug-likeness (QED) is 0.688. The Morgan fingerprint density at radius 3 is 2.68 bits per heavy atom. The summed E-state index contributed by atoms with van der Waals surface area (Å²) in [5, 5.41) is 2.86. The van der Waals surface area contributed by atoms with Gasteiger partial charge in [-0.2, -0.15) is 0 Å². The van der Waals surface area contributed by atoms with Gasteiger partial charge in [-0.05, 0) is 18.8 Å². The first kappa shape index (κ1) is 14.8. The lowest BCUT2D eigenvalue weighted by Gasteiger charge is -2.36. The number of carbonyl (C=O) groups excluding carboxylic acids is 3. The Bertz CT molecular complexity index is 614. The van der Waals surface area contributed by atoms with Crippen molar-refractivity contribution in [2.75, 3.05) is 6.54 Å². The second-order valence-electron chi connectivity index (χ2n) is 6.23. The Hall–Kier alpha value is -2.17. The third-order valence-corrected chi connectivity index (χ3v) is 4.90. The van der Waals surface area contributed by atoms with Crippen LogP contribution in [0.5, 0.6) is 0 Å². The lowest BCUT2D eigenvalue weighted by Crippen LogP contribution is -2.54. The first-order chi connectivity index (χ1) is 10.5. The van der Waals surface area contributed by atoms with Crippen molar-refractivity contribution in [1.29, 1.82) is 0 Å². The molecule has 1 spiro atoms. The molecular weight excluding hydrogens is 280 g/mol. The lowest BCUT2D eigenvalue weighted by molar-refractivity contribution is -0.133. The molecule has 1 saturated carbocycles. The van der Waals surface area contributed by atoms with E-state index in [0.29, 0.717) is 12.0 Å². The number of nitrogens with one attached hydrogen (secondary N) is 1. The first-order valence-corrected chi connectivity index (χ1v) is 7.77. The molecule has 2 aliphatic rings.